The van der Waals surface area contributed by atoms with Gasteiger partial charge in [-0.25, -0.2) is 0 Å². The summed E-state index contributed by atoms with van der Waals surface area (Å²) in [7, 11) is 0. The summed E-state index contributed by atoms with van der Waals surface area (Å²) in [6.07, 6.45) is 77.0. The summed E-state index contributed by atoms with van der Waals surface area (Å²) >= 11 is 0. The van der Waals surface area contributed by atoms with E-state index in [2.05, 4.69) is 74.7 Å². The van der Waals surface area contributed by atoms with E-state index in [4.69, 9.17) is 14.2 Å². The van der Waals surface area contributed by atoms with Crippen molar-refractivity contribution in [3.8, 4) is 0 Å². The highest BCUT2D eigenvalue weighted by Crippen LogP contribution is 2.27. The molecule has 1 saturated heterocycles. The summed E-state index contributed by atoms with van der Waals surface area (Å²) in [6, 6.07) is -1.03. The summed E-state index contributed by atoms with van der Waals surface area (Å²) in [5, 5.41) is 57.4. The van der Waals surface area contributed by atoms with Crippen LogP contribution in [-0.4, -0.2) is 99.6 Å². The van der Waals surface area contributed by atoms with Gasteiger partial charge < -0.3 is 45.1 Å². The van der Waals surface area contributed by atoms with Crippen molar-refractivity contribution in [1.29, 1.82) is 0 Å². The number of carbonyl (C=O) groups excluding carboxylic acids is 2. The highest BCUT2D eigenvalue weighted by molar-refractivity contribution is 5.80. The molecule has 0 aromatic rings. The number of amides is 1. The Hall–Kier alpha value is -2.64. The SMILES string of the molecule is CCCCC/C=C\C/C=C\C/C=C\C/C=C\CCCCCCCCC(O)C(=O)NC(COC1OC(CO)C(O)C(O)C1OC(=O)CCCCCCCCCCCCCCCCCCCCCCCCCCCCC)C(O)/C=C/CCCCCCCCCCCCC. The molecule has 91 heavy (non-hydrogen) atoms. The van der Waals surface area contributed by atoms with E-state index in [1.54, 1.807) is 6.08 Å². The second kappa shape index (κ2) is 67.3. The maximum absolute atomic E-state index is 13.5. The number of aliphatic hydroxyl groups excluding tert-OH is 5. The summed E-state index contributed by atoms with van der Waals surface area (Å²) in [5.41, 5.74) is 0. The molecular formula is C80H147NO10. The number of allylic oxidation sites excluding steroid dienone is 9. The van der Waals surface area contributed by atoms with Crippen LogP contribution in [-0.2, 0) is 23.8 Å². The normalized spacial score (nSPS) is 18.3. The van der Waals surface area contributed by atoms with Crippen LogP contribution in [0.5, 0.6) is 0 Å². The molecule has 11 heteroatoms. The Morgan fingerprint density at radius 1 is 0.429 bits per heavy atom. The van der Waals surface area contributed by atoms with E-state index in [-0.39, 0.29) is 19.4 Å². The largest absolute Gasteiger partial charge is 0.454 e. The molecule has 1 rings (SSSR count). The van der Waals surface area contributed by atoms with Crippen LogP contribution >= 0.6 is 0 Å². The zero-order valence-corrected chi connectivity index (χ0v) is 59.5. The molecule has 0 spiro atoms. The van der Waals surface area contributed by atoms with E-state index in [0.29, 0.717) is 12.8 Å². The van der Waals surface area contributed by atoms with Gasteiger partial charge in [-0.15, -0.1) is 0 Å². The van der Waals surface area contributed by atoms with E-state index < -0.39 is 67.4 Å². The molecule has 0 aromatic heterocycles. The summed E-state index contributed by atoms with van der Waals surface area (Å²) in [4.78, 5) is 26.8. The Balaban J connectivity index is 2.53. The molecular weight excluding hydrogens is 1130 g/mol. The van der Waals surface area contributed by atoms with Crippen LogP contribution in [0.2, 0.25) is 0 Å². The molecule has 8 unspecified atom stereocenters. The van der Waals surface area contributed by atoms with E-state index in [1.165, 1.54) is 231 Å². The Labute approximate surface area is 560 Å². The van der Waals surface area contributed by atoms with Crippen molar-refractivity contribution >= 4 is 11.9 Å². The summed E-state index contributed by atoms with van der Waals surface area (Å²) in [6.45, 7) is 5.82. The Bertz CT molecular complexity index is 1720. The number of carbonyl (C=O) groups is 2. The zero-order valence-electron chi connectivity index (χ0n) is 59.5. The highest BCUT2D eigenvalue weighted by atomic mass is 16.7. The number of esters is 1. The summed E-state index contributed by atoms with van der Waals surface area (Å²) < 4.78 is 17.8. The van der Waals surface area contributed by atoms with Gasteiger partial charge in [-0.3, -0.25) is 9.59 Å². The fourth-order valence-electron chi connectivity index (χ4n) is 12.3. The monoisotopic (exact) mass is 1280 g/mol. The van der Waals surface area contributed by atoms with Crippen LogP contribution < -0.4 is 5.32 Å². The molecule has 11 nitrogen and oxygen atoms in total. The first-order chi connectivity index (χ1) is 44.7. The molecule has 1 amide bonds. The van der Waals surface area contributed by atoms with E-state index in [9.17, 15) is 35.1 Å². The van der Waals surface area contributed by atoms with E-state index in [0.717, 1.165) is 96.3 Å². The average molecular weight is 1280 g/mol. The van der Waals surface area contributed by atoms with Crippen molar-refractivity contribution in [1.82, 2.24) is 5.32 Å². The van der Waals surface area contributed by atoms with Gasteiger partial charge in [0.25, 0.3) is 0 Å². The van der Waals surface area contributed by atoms with Gasteiger partial charge in [0.2, 0.25) is 5.91 Å². The minimum Gasteiger partial charge on any atom is -0.454 e. The lowest BCUT2D eigenvalue weighted by Crippen LogP contribution is -2.61. The lowest BCUT2D eigenvalue weighted by molar-refractivity contribution is -0.305. The topological polar surface area (TPSA) is 175 Å². The number of unbranched alkanes of at least 4 members (excludes halogenated alkanes) is 46. The fraction of sp³-hybridized carbons (Fsp3) is 0.850. The van der Waals surface area contributed by atoms with Crippen molar-refractivity contribution in [2.24, 2.45) is 0 Å². The predicted molar refractivity (Wildman–Crippen MR) is 384 cm³/mol. The Morgan fingerprint density at radius 2 is 0.758 bits per heavy atom. The molecule has 0 saturated carbocycles. The number of hydrogen-bond donors (Lipinski definition) is 6. The third kappa shape index (κ3) is 54.2. The van der Waals surface area contributed by atoms with Gasteiger partial charge in [0, 0.05) is 6.42 Å². The second-order valence-corrected chi connectivity index (χ2v) is 27.1. The maximum Gasteiger partial charge on any atom is 0.306 e. The Morgan fingerprint density at radius 3 is 1.15 bits per heavy atom. The van der Waals surface area contributed by atoms with Crippen molar-refractivity contribution in [2.75, 3.05) is 13.2 Å². The first kappa shape index (κ1) is 86.4. The number of aliphatic hydroxyl groups is 5. The number of nitrogens with one attached hydrogen (secondary N) is 1. The van der Waals surface area contributed by atoms with Crippen molar-refractivity contribution in [3.63, 3.8) is 0 Å². The molecule has 0 radical (unpaired) electrons. The minimum atomic E-state index is -1.62. The van der Waals surface area contributed by atoms with Gasteiger partial charge in [-0.1, -0.05) is 358 Å². The molecule has 0 aliphatic carbocycles. The number of ether oxygens (including phenoxy) is 3. The lowest BCUT2D eigenvalue weighted by Gasteiger charge is -2.41. The van der Waals surface area contributed by atoms with Gasteiger partial charge in [0.1, 0.15) is 24.4 Å². The van der Waals surface area contributed by atoms with Gasteiger partial charge in [-0.05, 0) is 70.6 Å². The first-order valence-electron chi connectivity index (χ1n) is 39.1. The second-order valence-electron chi connectivity index (χ2n) is 27.1. The Kier molecular flexibility index (Phi) is 63.9. The average Bonchev–Trinajstić information content (AvgIpc) is 1.05. The van der Waals surface area contributed by atoms with Crippen LogP contribution in [0.25, 0.3) is 0 Å². The van der Waals surface area contributed by atoms with Crippen LogP contribution in [0.3, 0.4) is 0 Å². The molecule has 1 heterocycles. The van der Waals surface area contributed by atoms with Crippen LogP contribution in [0.1, 0.15) is 374 Å². The van der Waals surface area contributed by atoms with Crippen molar-refractivity contribution in [2.45, 2.75) is 423 Å². The van der Waals surface area contributed by atoms with Crippen molar-refractivity contribution in [3.05, 3.63) is 60.8 Å². The molecule has 1 aliphatic heterocycles. The standard InChI is InChI=1S/C80H147NO10/c1-4-7-10-13-16-19-22-25-27-29-31-33-35-36-37-38-39-41-43-45-47-50-53-56-59-62-65-68-75(85)91-78-77(87)76(86)74(69-82)90-80(78)89-70-71(72(83)66-63-60-57-54-51-48-24-21-18-15-12-9-6-3)81-79(88)73(84)67-64-61-58-55-52-49-46-44-42-40-34-32-30-28-26-23-20-17-14-11-8-5-2/h17,20,26,28,32,34,42,44,63,66,71-74,76-78,80,82-84,86-87H,4-16,18-19,21-25,27,29-31,33,35-41,43,45-62,64-65,67-70H2,1-3H3,(H,81,88)/b20-17-,28-26-,34-32-,44-42-,66-63+. The van der Waals surface area contributed by atoms with Gasteiger partial charge in [0.05, 0.1) is 25.4 Å². The minimum absolute atomic E-state index is 0.126. The predicted octanol–water partition coefficient (Wildman–Crippen LogP) is 20.9. The van der Waals surface area contributed by atoms with Crippen LogP contribution in [0.4, 0.5) is 0 Å². The van der Waals surface area contributed by atoms with Gasteiger partial charge >= 0.3 is 5.97 Å². The van der Waals surface area contributed by atoms with Crippen molar-refractivity contribution < 1.29 is 49.3 Å². The van der Waals surface area contributed by atoms with E-state index >= 15 is 0 Å². The zero-order chi connectivity index (χ0) is 66.0. The van der Waals surface area contributed by atoms with Crippen LogP contribution in [0, 0.1) is 0 Å². The maximum atomic E-state index is 13.5. The van der Waals surface area contributed by atoms with Gasteiger partial charge in [0.15, 0.2) is 12.4 Å². The third-order valence-corrected chi connectivity index (χ3v) is 18.4. The third-order valence-electron chi connectivity index (χ3n) is 18.4. The molecule has 1 aliphatic rings. The van der Waals surface area contributed by atoms with E-state index in [1.807, 2.05) is 6.08 Å². The quantitative estimate of drug-likeness (QED) is 0.0195. The lowest BCUT2D eigenvalue weighted by atomic mass is 9.99. The molecule has 8 atom stereocenters. The molecule has 0 aromatic carbocycles. The van der Waals surface area contributed by atoms with Crippen LogP contribution in [0.15, 0.2) is 60.8 Å². The molecule has 532 valence electrons. The molecule has 0 bridgehead atoms. The van der Waals surface area contributed by atoms with Gasteiger partial charge in [-0.2, -0.15) is 0 Å². The number of hydrogen-bond acceptors (Lipinski definition) is 10. The fourth-order valence-corrected chi connectivity index (χ4v) is 12.3. The first-order valence-corrected chi connectivity index (χ1v) is 39.1. The number of rotatable bonds is 68. The smallest absolute Gasteiger partial charge is 0.306 e. The highest BCUT2D eigenvalue weighted by Gasteiger charge is 2.47. The summed E-state index contributed by atoms with van der Waals surface area (Å²) in [5.74, 6) is -1.19. The molecule has 6 N–H and O–H groups in total. The molecule has 1 fully saturated rings.